The molecule has 26 heavy (non-hydrogen) atoms. The number of esters is 1. The minimum Gasteiger partial charge on any atom is -0.462 e. The summed E-state index contributed by atoms with van der Waals surface area (Å²) in [5, 5.41) is 0.262. The van der Waals surface area contributed by atoms with Gasteiger partial charge in [0, 0.05) is 20.3 Å². The van der Waals surface area contributed by atoms with Crippen LogP contribution in [0.3, 0.4) is 0 Å². The standard InChI is InChI=1S/C19H23N3O4/c1-11-7-5-6-8-13(11)10-26-18(24)14-9-20-16-15(12(14)2)17(23)22(4)19(25)21(16)3/h5-6,9,11,13H,7-8,10H2,1-4H3. The highest BCUT2D eigenvalue weighted by Gasteiger charge is 2.23. The number of carbonyl (C=O) groups excluding carboxylic acids is 1. The van der Waals surface area contributed by atoms with Crippen molar-refractivity contribution in [3.05, 3.63) is 50.3 Å². The van der Waals surface area contributed by atoms with Gasteiger partial charge in [0.15, 0.2) is 0 Å². The third-order valence-corrected chi connectivity index (χ3v) is 5.30. The van der Waals surface area contributed by atoms with Crippen LogP contribution in [0.5, 0.6) is 0 Å². The number of aryl methyl sites for hydroxylation is 2. The lowest BCUT2D eigenvalue weighted by Crippen LogP contribution is -2.37. The Kier molecular flexibility index (Phi) is 4.80. The molecule has 0 bridgehead atoms. The minimum atomic E-state index is -0.491. The second-order valence-electron chi connectivity index (χ2n) is 6.98. The van der Waals surface area contributed by atoms with Gasteiger partial charge in [0.2, 0.25) is 0 Å². The smallest absolute Gasteiger partial charge is 0.340 e. The topological polar surface area (TPSA) is 83.2 Å². The largest absolute Gasteiger partial charge is 0.462 e. The Balaban J connectivity index is 1.94. The molecule has 0 saturated carbocycles. The Labute approximate surface area is 150 Å². The summed E-state index contributed by atoms with van der Waals surface area (Å²) in [4.78, 5) is 41.2. The van der Waals surface area contributed by atoms with Crippen LogP contribution in [0.4, 0.5) is 0 Å². The second kappa shape index (κ2) is 6.90. The summed E-state index contributed by atoms with van der Waals surface area (Å²) in [7, 11) is 2.96. The molecule has 2 heterocycles. The Morgan fingerprint density at radius 3 is 2.62 bits per heavy atom. The van der Waals surface area contributed by atoms with E-state index in [1.165, 1.54) is 17.8 Å². The van der Waals surface area contributed by atoms with E-state index in [-0.39, 0.29) is 16.6 Å². The predicted molar refractivity (Wildman–Crippen MR) is 98.3 cm³/mol. The molecule has 1 aliphatic carbocycles. The first-order valence-corrected chi connectivity index (χ1v) is 8.70. The summed E-state index contributed by atoms with van der Waals surface area (Å²) >= 11 is 0. The lowest BCUT2D eigenvalue weighted by Gasteiger charge is -2.24. The monoisotopic (exact) mass is 357 g/mol. The number of rotatable bonds is 3. The van der Waals surface area contributed by atoms with Crippen LogP contribution in [0.1, 0.15) is 35.7 Å². The van der Waals surface area contributed by atoms with Gasteiger partial charge in [0.25, 0.3) is 5.56 Å². The first kappa shape index (κ1) is 18.1. The molecule has 7 nitrogen and oxygen atoms in total. The van der Waals surface area contributed by atoms with E-state index in [9.17, 15) is 14.4 Å². The number of ether oxygens (including phenoxy) is 1. The van der Waals surface area contributed by atoms with Crippen molar-refractivity contribution in [2.45, 2.75) is 26.7 Å². The highest BCUT2D eigenvalue weighted by Crippen LogP contribution is 2.25. The van der Waals surface area contributed by atoms with Crippen LogP contribution in [0.2, 0.25) is 0 Å². The predicted octanol–water partition coefficient (Wildman–Crippen LogP) is 1.70. The van der Waals surface area contributed by atoms with Crippen LogP contribution in [0, 0.1) is 18.8 Å². The highest BCUT2D eigenvalue weighted by atomic mass is 16.5. The summed E-state index contributed by atoms with van der Waals surface area (Å²) in [6.07, 6.45) is 7.53. The number of fused-ring (bicyclic) bond motifs is 1. The number of carbonyl (C=O) groups is 1. The van der Waals surface area contributed by atoms with E-state index in [4.69, 9.17) is 4.74 Å². The molecule has 0 radical (unpaired) electrons. The van der Waals surface area contributed by atoms with E-state index >= 15 is 0 Å². The SMILES string of the molecule is Cc1c(C(=O)OCC2CC=CCC2C)cnc2c1c(=O)n(C)c(=O)n2C. The van der Waals surface area contributed by atoms with Crippen molar-refractivity contribution in [1.29, 1.82) is 0 Å². The molecular weight excluding hydrogens is 334 g/mol. The number of nitrogens with zero attached hydrogens (tertiary/aromatic N) is 3. The Bertz CT molecular complexity index is 1020. The third kappa shape index (κ3) is 2.98. The lowest BCUT2D eigenvalue weighted by molar-refractivity contribution is 0.0394. The zero-order valence-electron chi connectivity index (χ0n) is 15.5. The fourth-order valence-corrected chi connectivity index (χ4v) is 3.38. The van der Waals surface area contributed by atoms with Gasteiger partial charge in [0.1, 0.15) is 5.65 Å². The van der Waals surface area contributed by atoms with Gasteiger partial charge in [-0.1, -0.05) is 19.1 Å². The average Bonchev–Trinajstić information content (AvgIpc) is 2.63. The normalized spacial score (nSPS) is 19.7. The molecule has 2 unspecified atom stereocenters. The molecule has 3 rings (SSSR count). The first-order valence-electron chi connectivity index (χ1n) is 8.70. The van der Waals surface area contributed by atoms with Crippen molar-refractivity contribution < 1.29 is 9.53 Å². The van der Waals surface area contributed by atoms with Gasteiger partial charge >= 0.3 is 11.7 Å². The maximum absolute atomic E-state index is 12.5. The summed E-state index contributed by atoms with van der Waals surface area (Å²) in [5.74, 6) is 0.270. The minimum absolute atomic E-state index is 0.257. The van der Waals surface area contributed by atoms with Crippen molar-refractivity contribution in [1.82, 2.24) is 14.1 Å². The lowest BCUT2D eigenvalue weighted by atomic mass is 9.85. The van der Waals surface area contributed by atoms with Gasteiger partial charge in [-0.2, -0.15) is 0 Å². The summed E-state index contributed by atoms with van der Waals surface area (Å²) < 4.78 is 7.82. The molecule has 0 spiro atoms. The van der Waals surface area contributed by atoms with E-state index in [0.29, 0.717) is 24.0 Å². The van der Waals surface area contributed by atoms with Gasteiger partial charge in [0.05, 0.1) is 17.6 Å². The van der Waals surface area contributed by atoms with Crippen molar-refractivity contribution in [2.75, 3.05) is 6.61 Å². The number of hydrogen-bond donors (Lipinski definition) is 0. The Hall–Kier alpha value is -2.70. The molecule has 0 N–H and O–H groups in total. The van der Waals surface area contributed by atoms with E-state index in [0.717, 1.165) is 17.4 Å². The van der Waals surface area contributed by atoms with Gasteiger partial charge in [-0.25, -0.2) is 14.6 Å². The van der Waals surface area contributed by atoms with Crippen LogP contribution in [-0.4, -0.2) is 26.7 Å². The van der Waals surface area contributed by atoms with E-state index in [1.54, 1.807) is 14.0 Å². The molecule has 0 aliphatic heterocycles. The van der Waals surface area contributed by atoms with Crippen LogP contribution < -0.4 is 11.2 Å². The molecule has 0 aromatic carbocycles. The van der Waals surface area contributed by atoms with Crippen LogP contribution >= 0.6 is 0 Å². The van der Waals surface area contributed by atoms with E-state index in [1.807, 2.05) is 0 Å². The number of pyridine rings is 1. The van der Waals surface area contributed by atoms with Crippen molar-refractivity contribution in [3.63, 3.8) is 0 Å². The second-order valence-corrected chi connectivity index (χ2v) is 6.98. The van der Waals surface area contributed by atoms with Crippen LogP contribution in [0.25, 0.3) is 11.0 Å². The molecule has 0 saturated heterocycles. The number of hydrogen-bond acceptors (Lipinski definition) is 5. The van der Waals surface area contributed by atoms with E-state index in [2.05, 4.69) is 24.1 Å². The van der Waals surface area contributed by atoms with Crippen LogP contribution in [0.15, 0.2) is 27.9 Å². The van der Waals surface area contributed by atoms with Crippen molar-refractivity contribution in [3.8, 4) is 0 Å². The summed E-state index contributed by atoms with van der Waals surface area (Å²) in [5.41, 5.74) is 0.0797. The maximum Gasteiger partial charge on any atom is 0.340 e. The highest BCUT2D eigenvalue weighted by molar-refractivity contribution is 5.95. The summed E-state index contributed by atoms with van der Waals surface area (Å²) in [6, 6.07) is 0. The van der Waals surface area contributed by atoms with Crippen molar-refractivity contribution >= 4 is 17.0 Å². The third-order valence-electron chi connectivity index (χ3n) is 5.30. The molecule has 138 valence electrons. The number of allylic oxidation sites excluding steroid dienone is 2. The molecule has 2 atom stereocenters. The van der Waals surface area contributed by atoms with Crippen molar-refractivity contribution in [2.24, 2.45) is 25.9 Å². The number of aromatic nitrogens is 3. The van der Waals surface area contributed by atoms with Gasteiger partial charge in [-0.3, -0.25) is 13.9 Å². The molecule has 0 amide bonds. The zero-order valence-corrected chi connectivity index (χ0v) is 15.5. The van der Waals surface area contributed by atoms with E-state index < -0.39 is 17.2 Å². The van der Waals surface area contributed by atoms with Gasteiger partial charge in [-0.15, -0.1) is 0 Å². The van der Waals surface area contributed by atoms with Crippen LogP contribution in [-0.2, 0) is 18.8 Å². The fraction of sp³-hybridized carbons (Fsp3) is 0.474. The van der Waals surface area contributed by atoms with Gasteiger partial charge in [-0.05, 0) is 37.2 Å². The molecule has 7 heteroatoms. The molecule has 2 aromatic rings. The average molecular weight is 357 g/mol. The quantitative estimate of drug-likeness (QED) is 0.617. The molecule has 1 aliphatic rings. The Morgan fingerprint density at radius 2 is 1.92 bits per heavy atom. The Morgan fingerprint density at radius 1 is 1.23 bits per heavy atom. The molecular formula is C19H23N3O4. The fourth-order valence-electron chi connectivity index (χ4n) is 3.38. The first-order chi connectivity index (χ1) is 12.3. The summed E-state index contributed by atoms with van der Waals surface area (Å²) in [6.45, 7) is 4.17. The maximum atomic E-state index is 12.5. The molecule has 2 aromatic heterocycles. The van der Waals surface area contributed by atoms with Gasteiger partial charge < -0.3 is 4.74 Å². The zero-order chi connectivity index (χ0) is 19.0. The molecule has 0 fully saturated rings.